The van der Waals surface area contributed by atoms with Crippen LogP contribution in [-0.2, 0) is 11.2 Å². The fourth-order valence-corrected chi connectivity index (χ4v) is 3.86. The van der Waals surface area contributed by atoms with Gasteiger partial charge < -0.3 is 15.7 Å². The smallest absolute Gasteiger partial charge is 0.325 e. The number of urea groups is 1. The lowest BCUT2D eigenvalue weighted by Crippen LogP contribution is -2.57. The normalized spacial score (nSPS) is 23.7. The fraction of sp³-hybridized carbons (Fsp3) is 0.556. The highest BCUT2D eigenvalue weighted by Crippen LogP contribution is 2.35. The third-order valence-corrected chi connectivity index (χ3v) is 5.17. The van der Waals surface area contributed by atoms with Crippen LogP contribution in [0, 0.1) is 11.7 Å². The summed E-state index contributed by atoms with van der Waals surface area (Å²) in [5.74, 6) is -0.539. The maximum Gasteiger partial charge on any atom is 0.325 e. The number of carbonyl (C=O) groups is 2. The first kappa shape index (κ1) is 20.6. The molecule has 1 unspecified atom stereocenters. The molecule has 0 aromatic heterocycles. The van der Waals surface area contributed by atoms with Crippen molar-refractivity contribution in [1.82, 2.24) is 15.5 Å². The van der Waals surface area contributed by atoms with E-state index in [1.54, 1.807) is 12.1 Å². The molecule has 1 atom stereocenters. The molecule has 0 spiro atoms. The van der Waals surface area contributed by atoms with E-state index in [0.717, 1.165) is 31.5 Å². The lowest BCUT2D eigenvalue weighted by molar-refractivity contribution is -0.133. The second-order valence-corrected chi connectivity index (χ2v) is 6.76. The van der Waals surface area contributed by atoms with E-state index >= 15 is 0 Å². The maximum absolute atomic E-state index is 13.2. The van der Waals surface area contributed by atoms with Crippen molar-refractivity contribution < 1.29 is 19.1 Å². The van der Waals surface area contributed by atoms with E-state index in [9.17, 15) is 14.0 Å². The molecule has 2 saturated heterocycles. The first-order valence-corrected chi connectivity index (χ1v) is 8.77. The van der Waals surface area contributed by atoms with Crippen LogP contribution in [0.25, 0.3) is 0 Å². The Morgan fingerprint density at radius 2 is 1.85 bits per heavy atom. The number of amides is 3. The zero-order valence-corrected chi connectivity index (χ0v) is 15.4. The number of aliphatic hydroxyl groups excluding tert-OH is 1. The van der Waals surface area contributed by atoms with Crippen LogP contribution in [-0.4, -0.2) is 53.7 Å². The van der Waals surface area contributed by atoms with Crippen molar-refractivity contribution in [3.8, 4) is 0 Å². The van der Waals surface area contributed by atoms with Crippen LogP contribution in [0.15, 0.2) is 24.3 Å². The topological polar surface area (TPSA) is 81.7 Å². The van der Waals surface area contributed by atoms with Crippen LogP contribution < -0.4 is 10.6 Å². The minimum Gasteiger partial charge on any atom is -0.396 e. The van der Waals surface area contributed by atoms with Gasteiger partial charge in [-0.3, -0.25) is 9.69 Å². The average Bonchev–Trinajstić information content (AvgIpc) is 2.87. The van der Waals surface area contributed by atoms with Crippen molar-refractivity contribution in [1.29, 1.82) is 0 Å². The molecule has 26 heavy (non-hydrogen) atoms. The molecule has 8 heteroatoms. The standard InChI is InChI=1S/C18H24FN3O3.ClH/c19-15-4-2-13(3-5-15)12-18(14-6-8-20-9-7-14)16(24)22(10-1-11-23)17(25)21-18;/h2-5,14,20,23H,1,6-12H2,(H,21,25);1H. The molecule has 0 bridgehead atoms. The van der Waals surface area contributed by atoms with E-state index in [1.165, 1.54) is 17.0 Å². The molecule has 2 fully saturated rings. The van der Waals surface area contributed by atoms with Gasteiger partial charge in [-0.1, -0.05) is 12.1 Å². The van der Waals surface area contributed by atoms with Crippen LogP contribution in [0.1, 0.15) is 24.8 Å². The predicted octanol–water partition coefficient (Wildman–Crippen LogP) is 1.46. The number of nitrogens with one attached hydrogen (secondary N) is 2. The van der Waals surface area contributed by atoms with Gasteiger partial charge >= 0.3 is 6.03 Å². The third-order valence-electron chi connectivity index (χ3n) is 5.17. The van der Waals surface area contributed by atoms with Crippen molar-refractivity contribution in [2.45, 2.75) is 31.2 Å². The van der Waals surface area contributed by atoms with E-state index in [1.807, 2.05) is 0 Å². The van der Waals surface area contributed by atoms with E-state index in [2.05, 4.69) is 10.6 Å². The van der Waals surface area contributed by atoms with Gasteiger partial charge in [-0.2, -0.15) is 0 Å². The number of nitrogens with zero attached hydrogens (tertiary/aromatic N) is 1. The van der Waals surface area contributed by atoms with Crippen molar-refractivity contribution in [2.24, 2.45) is 5.92 Å². The number of rotatable bonds is 6. The molecule has 2 aliphatic heterocycles. The molecule has 0 aliphatic carbocycles. The number of hydrogen-bond donors (Lipinski definition) is 3. The van der Waals surface area contributed by atoms with Crippen LogP contribution in [0.5, 0.6) is 0 Å². The molecule has 0 radical (unpaired) electrons. The molecule has 6 nitrogen and oxygen atoms in total. The quantitative estimate of drug-likeness (QED) is 0.647. The summed E-state index contributed by atoms with van der Waals surface area (Å²) in [7, 11) is 0. The van der Waals surface area contributed by atoms with E-state index in [4.69, 9.17) is 5.11 Å². The van der Waals surface area contributed by atoms with Gasteiger partial charge in [0.15, 0.2) is 0 Å². The zero-order valence-electron chi connectivity index (χ0n) is 14.5. The number of hydrogen-bond acceptors (Lipinski definition) is 4. The summed E-state index contributed by atoms with van der Waals surface area (Å²) >= 11 is 0. The van der Waals surface area contributed by atoms with Gasteiger partial charge in [0.25, 0.3) is 5.91 Å². The Hall–Kier alpha value is -1.70. The molecule has 2 aliphatic rings. The lowest BCUT2D eigenvalue weighted by atomic mass is 9.74. The Morgan fingerprint density at radius 3 is 2.46 bits per heavy atom. The third kappa shape index (κ3) is 4.00. The average molecular weight is 386 g/mol. The second-order valence-electron chi connectivity index (χ2n) is 6.76. The highest BCUT2D eigenvalue weighted by Gasteiger charge is 2.55. The highest BCUT2D eigenvalue weighted by molar-refractivity contribution is 6.07. The summed E-state index contributed by atoms with van der Waals surface area (Å²) in [5.41, 5.74) is -0.176. The van der Waals surface area contributed by atoms with Gasteiger partial charge in [0.1, 0.15) is 11.4 Å². The van der Waals surface area contributed by atoms with Gasteiger partial charge in [-0.25, -0.2) is 9.18 Å². The molecule has 144 valence electrons. The molecule has 2 heterocycles. The monoisotopic (exact) mass is 385 g/mol. The van der Waals surface area contributed by atoms with Gasteiger partial charge in [0, 0.05) is 19.6 Å². The molecule has 3 amide bonds. The van der Waals surface area contributed by atoms with E-state index < -0.39 is 11.6 Å². The summed E-state index contributed by atoms with van der Waals surface area (Å²) in [6.07, 6.45) is 2.29. The fourth-order valence-electron chi connectivity index (χ4n) is 3.86. The molecule has 1 aromatic carbocycles. The predicted molar refractivity (Wildman–Crippen MR) is 97.6 cm³/mol. The highest BCUT2D eigenvalue weighted by atomic mass is 35.5. The lowest BCUT2D eigenvalue weighted by Gasteiger charge is -2.38. The molecule has 3 N–H and O–H groups in total. The molecule has 1 aromatic rings. The van der Waals surface area contributed by atoms with Crippen molar-refractivity contribution in [2.75, 3.05) is 26.2 Å². The van der Waals surface area contributed by atoms with Crippen LogP contribution in [0.4, 0.5) is 9.18 Å². The Labute approximate surface area is 158 Å². The minimum absolute atomic E-state index is 0. The second kappa shape index (κ2) is 8.79. The number of piperidine rings is 1. The number of carbonyl (C=O) groups excluding carboxylic acids is 2. The molecular formula is C18H25ClFN3O3. The Kier molecular flexibility index (Phi) is 6.97. The van der Waals surface area contributed by atoms with Crippen LogP contribution in [0.2, 0.25) is 0 Å². The number of halogens is 2. The van der Waals surface area contributed by atoms with Crippen molar-refractivity contribution in [3.63, 3.8) is 0 Å². The SMILES string of the molecule is Cl.O=C1NC(Cc2ccc(F)cc2)(C2CCNCC2)C(=O)N1CCCO. The molecular weight excluding hydrogens is 361 g/mol. The van der Waals surface area contributed by atoms with Gasteiger partial charge in [0.2, 0.25) is 0 Å². The Morgan fingerprint density at radius 1 is 1.19 bits per heavy atom. The first-order valence-electron chi connectivity index (χ1n) is 8.77. The Bertz CT molecular complexity index is 637. The van der Waals surface area contributed by atoms with Gasteiger partial charge in [-0.15, -0.1) is 12.4 Å². The van der Waals surface area contributed by atoms with E-state index in [-0.39, 0.29) is 43.2 Å². The van der Waals surface area contributed by atoms with E-state index in [0.29, 0.717) is 12.8 Å². The molecule has 3 rings (SSSR count). The number of aliphatic hydroxyl groups is 1. The summed E-state index contributed by atoms with van der Waals surface area (Å²) in [6.45, 7) is 1.73. The Balaban J connectivity index is 0.00000243. The maximum atomic E-state index is 13.2. The largest absolute Gasteiger partial charge is 0.396 e. The molecule has 0 saturated carbocycles. The van der Waals surface area contributed by atoms with Gasteiger partial charge in [-0.05, 0) is 56.0 Å². The summed E-state index contributed by atoms with van der Waals surface area (Å²) in [6, 6.07) is 5.66. The minimum atomic E-state index is -0.994. The first-order chi connectivity index (χ1) is 12.1. The van der Waals surface area contributed by atoms with Gasteiger partial charge in [0.05, 0.1) is 0 Å². The summed E-state index contributed by atoms with van der Waals surface area (Å²) < 4.78 is 13.2. The number of imide groups is 1. The number of benzene rings is 1. The van der Waals surface area contributed by atoms with Crippen molar-refractivity contribution >= 4 is 24.3 Å². The van der Waals surface area contributed by atoms with Crippen LogP contribution >= 0.6 is 12.4 Å². The summed E-state index contributed by atoms with van der Waals surface area (Å²) in [5, 5.41) is 15.2. The van der Waals surface area contributed by atoms with Crippen molar-refractivity contribution in [3.05, 3.63) is 35.6 Å². The summed E-state index contributed by atoms with van der Waals surface area (Å²) in [4.78, 5) is 26.8. The zero-order chi connectivity index (χ0) is 17.9. The van der Waals surface area contributed by atoms with Crippen LogP contribution in [0.3, 0.4) is 0 Å².